The number of carbonyl (C=O) groups is 2. The lowest BCUT2D eigenvalue weighted by Crippen LogP contribution is -2.64. The van der Waals surface area contributed by atoms with Crippen LogP contribution in [-0.2, 0) is 14.0 Å². The third-order valence-corrected chi connectivity index (χ3v) is 9.85. The van der Waals surface area contributed by atoms with Crippen molar-refractivity contribution in [2.45, 2.75) is 64.9 Å². The van der Waals surface area contributed by atoms with Gasteiger partial charge in [-0.2, -0.15) is 0 Å². The predicted molar refractivity (Wildman–Crippen MR) is 104 cm³/mol. The molecule has 0 radical (unpaired) electrons. The van der Waals surface area contributed by atoms with Gasteiger partial charge in [-0.05, 0) is 29.6 Å². The fourth-order valence-corrected chi connectivity index (χ4v) is 6.10. The van der Waals surface area contributed by atoms with E-state index >= 15 is 0 Å². The van der Waals surface area contributed by atoms with Crippen LogP contribution in [0.1, 0.15) is 46.2 Å². The Morgan fingerprint density at radius 1 is 1.12 bits per heavy atom. The smallest absolute Gasteiger partial charge is 0.417 e. The molecule has 6 heteroatoms. The lowest BCUT2D eigenvalue weighted by molar-refractivity contribution is -0.161. The standard InChI is InChI=1S/C20H31NO4Si/c1-6-26(7-2,8-3)25-18-17(16-12-10-9-11-13-16)21(19(18)22)20(23)24-14-15(4)5/h9-13,15,17-18H,6-8,14H2,1-5H3/t17-,18+/m1/s1. The van der Waals surface area contributed by atoms with Crippen molar-refractivity contribution >= 4 is 20.3 Å². The number of likely N-dealkylation sites (tertiary alicyclic amines) is 1. The summed E-state index contributed by atoms with van der Waals surface area (Å²) in [6.45, 7) is 10.6. The molecular weight excluding hydrogens is 346 g/mol. The van der Waals surface area contributed by atoms with Crippen LogP contribution in [0.5, 0.6) is 0 Å². The summed E-state index contributed by atoms with van der Waals surface area (Å²) < 4.78 is 11.8. The van der Waals surface area contributed by atoms with Crippen LogP contribution in [0.4, 0.5) is 4.79 Å². The van der Waals surface area contributed by atoms with Crippen LogP contribution in [-0.4, -0.2) is 37.9 Å². The number of rotatable bonds is 8. The van der Waals surface area contributed by atoms with E-state index in [2.05, 4.69) is 20.8 Å². The average molecular weight is 378 g/mol. The summed E-state index contributed by atoms with van der Waals surface area (Å²) in [4.78, 5) is 26.5. The van der Waals surface area contributed by atoms with Crippen molar-refractivity contribution in [3.05, 3.63) is 35.9 Å². The molecule has 0 bridgehead atoms. The molecule has 0 spiro atoms. The van der Waals surface area contributed by atoms with Crippen LogP contribution in [0.3, 0.4) is 0 Å². The Morgan fingerprint density at radius 2 is 1.69 bits per heavy atom. The van der Waals surface area contributed by atoms with E-state index in [0.29, 0.717) is 6.61 Å². The van der Waals surface area contributed by atoms with Gasteiger partial charge in [0.05, 0.1) is 6.61 Å². The largest absolute Gasteiger partial charge is 0.449 e. The first-order valence-electron chi connectivity index (χ1n) is 9.61. The number of carbonyl (C=O) groups excluding carboxylic acids is 2. The summed E-state index contributed by atoms with van der Waals surface area (Å²) >= 11 is 0. The summed E-state index contributed by atoms with van der Waals surface area (Å²) in [6, 6.07) is 12.1. The summed E-state index contributed by atoms with van der Waals surface area (Å²) in [6.07, 6.45) is -1.16. The topological polar surface area (TPSA) is 55.8 Å². The molecule has 0 unspecified atom stereocenters. The Bertz CT molecular complexity index is 607. The van der Waals surface area contributed by atoms with Gasteiger partial charge < -0.3 is 9.16 Å². The molecule has 1 heterocycles. The maximum absolute atomic E-state index is 12.8. The van der Waals surface area contributed by atoms with E-state index in [0.717, 1.165) is 23.7 Å². The van der Waals surface area contributed by atoms with Crippen LogP contribution in [0, 0.1) is 5.92 Å². The Kier molecular flexibility index (Phi) is 7.00. The van der Waals surface area contributed by atoms with E-state index in [1.165, 1.54) is 4.90 Å². The Morgan fingerprint density at radius 3 is 2.19 bits per heavy atom. The third kappa shape index (κ3) is 4.18. The molecule has 0 aromatic heterocycles. The number of ether oxygens (including phenoxy) is 1. The molecule has 0 saturated carbocycles. The minimum atomic E-state index is -1.97. The summed E-state index contributed by atoms with van der Waals surface area (Å²) in [7, 11) is -1.97. The van der Waals surface area contributed by atoms with Gasteiger partial charge >= 0.3 is 6.09 Å². The molecule has 5 nitrogen and oxygen atoms in total. The van der Waals surface area contributed by atoms with Crippen LogP contribution >= 0.6 is 0 Å². The Labute approximate surface area is 157 Å². The van der Waals surface area contributed by atoms with Crippen molar-refractivity contribution in [3.63, 3.8) is 0 Å². The maximum Gasteiger partial charge on any atom is 0.417 e. The first kappa shape index (κ1) is 20.6. The normalized spacial score (nSPS) is 20.2. The summed E-state index contributed by atoms with van der Waals surface area (Å²) in [5.41, 5.74) is 0.907. The molecule has 2 atom stereocenters. The third-order valence-electron chi connectivity index (χ3n) is 5.23. The number of amides is 2. The quantitative estimate of drug-likeness (QED) is 0.484. The van der Waals surface area contributed by atoms with E-state index in [9.17, 15) is 9.59 Å². The van der Waals surface area contributed by atoms with E-state index in [4.69, 9.17) is 9.16 Å². The molecule has 2 rings (SSSR count). The molecule has 1 aliphatic rings. The van der Waals surface area contributed by atoms with E-state index in [1.807, 2.05) is 44.2 Å². The lowest BCUT2D eigenvalue weighted by Gasteiger charge is -2.48. The predicted octanol–water partition coefficient (Wildman–Crippen LogP) is 4.75. The number of hydrogen-bond acceptors (Lipinski definition) is 4. The highest BCUT2D eigenvalue weighted by atomic mass is 28.4. The fourth-order valence-electron chi connectivity index (χ4n) is 3.33. The first-order valence-corrected chi connectivity index (χ1v) is 12.1. The van der Waals surface area contributed by atoms with Crippen molar-refractivity contribution in [1.29, 1.82) is 0 Å². The Hall–Kier alpha value is -1.66. The van der Waals surface area contributed by atoms with Crippen LogP contribution in [0.25, 0.3) is 0 Å². The minimum absolute atomic E-state index is 0.220. The van der Waals surface area contributed by atoms with Gasteiger partial charge in [0.1, 0.15) is 6.04 Å². The zero-order chi connectivity index (χ0) is 19.3. The molecule has 26 heavy (non-hydrogen) atoms. The fraction of sp³-hybridized carbons (Fsp3) is 0.600. The second kappa shape index (κ2) is 8.82. The zero-order valence-electron chi connectivity index (χ0n) is 16.5. The molecule has 0 N–H and O–H groups in total. The van der Waals surface area contributed by atoms with Gasteiger partial charge in [-0.15, -0.1) is 0 Å². The van der Waals surface area contributed by atoms with Crippen molar-refractivity contribution in [2.75, 3.05) is 6.61 Å². The van der Waals surface area contributed by atoms with E-state index in [-0.39, 0.29) is 11.8 Å². The molecule has 2 amide bonds. The molecule has 1 aliphatic heterocycles. The van der Waals surface area contributed by atoms with Gasteiger partial charge in [-0.1, -0.05) is 65.0 Å². The Balaban J connectivity index is 2.26. The number of β-lactam (4-membered cyclic amide) rings is 1. The second-order valence-corrected chi connectivity index (χ2v) is 12.0. The number of hydrogen-bond donors (Lipinski definition) is 0. The van der Waals surface area contributed by atoms with Gasteiger partial charge in [0.2, 0.25) is 0 Å². The zero-order valence-corrected chi connectivity index (χ0v) is 17.5. The molecule has 1 fully saturated rings. The van der Waals surface area contributed by atoms with Gasteiger partial charge in [0.25, 0.3) is 5.91 Å². The second-order valence-electron chi connectivity index (χ2n) is 7.32. The molecule has 1 saturated heterocycles. The highest BCUT2D eigenvalue weighted by Crippen LogP contribution is 2.40. The maximum atomic E-state index is 12.8. The highest BCUT2D eigenvalue weighted by molar-refractivity contribution is 6.73. The van der Waals surface area contributed by atoms with Crippen LogP contribution in [0.2, 0.25) is 18.1 Å². The first-order chi connectivity index (χ1) is 12.4. The summed E-state index contributed by atoms with van der Waals surface area (Å²) in [5, 5.41) is 0. The van der Waals surface area contributed by atoms with E-state index < -0.39 is 26.6 Å². The van der Waals surface area contributed by atoms with Gasteiger partial charge in [-0.3, -0.25) is 4.79 Å². The molecular formula is C20H31NO4Si. The molecule has 1 aromatic rings. The number of imide groups is 1. The number of benzene rings is 1. The van der Waals surface area contributed by atoms with Crippen molar-refractivity contribution in [3.8, 4) is 0 Å². The van der Waals surface area contributed by atoms with Crippen molar-refractivity contribution in [1.82, 2.24) is 4.90 Å². The van der Waals surface area contributed by atoms with Gasteiger partial charge in [0, 0.05) is 0 Å². The monoisotopic (exact) mass is 377 g/mol. The van der Waals surface area contributed by atoms with Crippen LogP contribution in [0.15, 0.2) is 30.3 Å². The highest BCUT2D eigenvalue weighted by Gasteiger charge is 2.55. The minimum Gasteiger partial charge on any atom is -0.449 e. The molecule has 144 valence electrons. The van der Waals surface area contributed by atoms with Gasteiger partial charge in [-0.25, -0.2) is 9.69 Å². The molecule has 0 aliphatic carbocycles. The van der Waals surface area contributed by atoms with Gasteiger partial charge in [0.15, 0.2) is 14.4 Å². The van der Waals surface area contributed by atoms with Crippen LogP contribution < -0.4 is 0 Å². The summed E-state index contributed by atoms with van der Waals surface area (Å²) in [5.74, 6) is -0.0577. The number of nitrogens with zero attached hydrogens (tertiary/aromatic N) is 1. The SMILES string of the molecule is CC[Si](CC)(CC)O[C@@H]1C(=O)N(C(=O)OCC(C)C)[C@@H]1c1ccccc1. The lowest BCUT2D eigenvalue weighted by atomic mass is 9.91. The van der Waals surface area contributed by atoms with E-state index in [1.54, 1.807) is 0 Å². The van der Waals surface area contributed by atoms with Crippen molar-refractivity contribution < 1.29 is 18.8 Å². The van der Waals surface area contributed by atoms with Crippen molar-refractivity contribution in [2.24, 2.45) is 5.92 Å². The average Bonchev–Trinajstić information content (AvgIpc) is 2.66. The molecule has 1 aromatic carbocycles.